The lowest BCUT2D eigenvalue weighted by Crippen LogP contribution is -2.30. The number of nitriles is 1. The van der Waals surface area contributed by atoms with Crippen molar-refractivity contribution in [2.75, 3.05) is 12.0 Å². The molecule has 0 aliphatic rings. The van der Waals surface area contributed by atoms with Crippen LogP contribution in [0.15, 0.2) is 18.2 Å². The summed E-state index contributed by atoms with van der Waals surface area (Å²) in [6.07, 6.45) is 1.64. The first-order valence-corrected chi connectivity index (χ1v) is 6.97. The topological polar surface area (TPSA) is 52.9 Å². The van der Waals surface area contributed by atoms with Gasteiger partial charge in [-0.25, -0.2) is 4.39 Å². The molecule has 0 heterocycles. The predicted molar refractivity (Wildman–Crippen MR) is 66.4 cm³/mol. The first-order valence-electron chi connectivity index (χ1n) is 5.25. The summed E-state index contributed by atoms with van der Waals surface area (Å²) in [5.41, 5.74) is 1.09. The Hall–Kier alpha value is -1.25. The number of hydrogen-bond donors (Lipinski definition) is 1. The van der Waals surface area contributed by atoms with E-state index < -0.39 is 10.8 Å². The number of hydrogen-bond acceptors (Lipinski definition) is 3. The van der Waals surface area contributed by atoms with E-state index in [0.29, 0.717) is 23.4 Å². The van der Waals surface area contributed by atoms with Gasteiger partial charge >= 0.3 is 0 Å². The Labute approximate surface area is 103 Å². The van der Waals surface area contributed by atoms with Gasteiger partial charge in [-0.05, 0) is 30.7 Å². The average Bonchev–Trinajstić information content (AvgIpc) is 2.25. The minimum Gasteiger partial charge on any atom is -0.309 e. The molecular weight excluding hydrogens is 239 g/mol. The molecule has 1 N–H and O–H groups in total. The van der Waals surface area contributed by atoms with E-state index >= 15 is 0 Å². The van der Waals surface area contributed by atoms with Crippen LogP contribution in [0.3, 0.4) is 0 Å². The van der Waals surface area contributed by atoms with E-state index in [0.717, 1.165) is 0 Å². The van der Waals surface area contributed by atoms with Gasteiger partial charge in [0.1, 0.15) is 5.82 Å². The van der Waals surface area contributed by atoms with Crippen molar-refractivity contribution in [3.05, 3.63) is 35.1 Å². The second kappa shape index (κ2) is 6.48. The second-order valence-corrected chi connectivity index (χ2v) is 5.41. The quantitative estimate of drug-likeness (QED) is 0.867. The summed E-state index contributed by atoms with van der Waals surface area (Å²) in [6.45, 7) is 2.31. The van der Waals surface area contributed by atoms with E-state index in [1.807, 2.05) is 13.0 Å². The fraction of sp³-hybridized carbons (Fsp3) is 0.417. The second-order valence-electron chi connectivity index (χ2n) is 3.94. The smallest absolute Gasteiger partial charge is 0.123 e. The molecule has 0 aliphatic heterocycles. The van der Waals surface area contributed by atoms with E-state index in [1.165, 1.54) is 18.2 Å². The third kappa shape index (κ3) is 4.63. The molecule has 1 aromatic carbocycles. The third-order valence-corrected chi connectivity index (χ3v) is 3.28. The summed E-state index contributed by atoms with van der Waals surface area (Å²) in [5, 5.41) is 12.0. The fourth-order valence-electron chi connectivity index (χ4n) is 1.51. The normalized spacial score (nSPS) is 14.0. The Morgan fingerprint density at radius 1 is 1.59 bits per heavy atom. The predicted octanol–water partition coefficient (Wildman–Crippen LogP) is 1.55. The zero-order valence-electron chi connectivity index (χ0n) is 9.87. The minimum absolute atomic E-state index is 0.0654. The van der Waals surface area contributed by atoms with Crippen LogP contribution in [-0.4, -0.2) is 22.3 Å². The maximum absolute atomic E-state index is 13.0. The zero-order chi connectivity index (χ0) is 12.8. The van der Waals surface area contributed by atoms with Crippen molar-refractivity contribution >= 4 is 10.8 Å². The standard InChI is InChI=1S/C12H15FN2OS/c1-9(8-17(2)16)15-7-11-5-12(13)4-3-10(11)6-14/h3-5,9,15H,7-8H2,1-2H3. The van der Waals surface area contributed by atoms with Crippen molar-refractivity contribution in [1.29, 1.82) is 5.26 Å². The number of nitrogens with zero attached hydrogens (tertiary/aromatic N) is 1. The summed E-state index contributed by atoms with van der Waals surface area (Å²) in [6, 6.07) is 6.17. The van der Waals surface area contributed by atoms with Gasteiger partial charge in [0.25, 0.3) is 0 Å². The van der Waals surface area contributed by atoms with E-state index in [2.05, 4.69) is 5.32 Å². The van der Waals surface area contributed by atoms with Gasteiger partial charge in [-0.15, -0.1) is 0 Å². The van der Waals surface area contributed by atoms with Gasteiger partial charge in [0.2, 0.25) is 0 Å². The van der Waals surface area contributed by atoms with E-state index in [1.54, 1.807) is 6.26 Å². The minimum atomic E-state index is -0.867. The van der Waals surface area contributed by atoms with Crippen LogP contribution in [0.2, 0.25) is 0 Å². The molecule has 92 valence electrons. The van der Waals surface area contributed by atoms with Crippen molar-refractivity contribution in [3.63, 3.8) is 0 Å². The zero-order valence-corrected chi connectivity index (χ0v) is 10.7. The maximum atomic E-state index is 13.0. The van der Waals surface area contributed by atoms with Crippen molar-refractivity contribution in [3.8, 4) is 6.07 Å². The lowest BCUT2D eigenvalue weighted by atomic mass is 10.1. The molecule has 0 amide bonds. The molecule has 2 unspecified atom stereocenters. The molecule has 0 saturated heterocycles. The largest absolute Gasteiger partial charge is 0.309 e. The Morgan fingerprint density at radius 2 is 2.29 bits per heavy atom. The average molecular weight is 254 g/mol. The van der Waals surface area contributed by atoms with Gasteiger partial charge in [-0.1, -0.05) is 0 Å². The molecule has 0 spiro atoms. The van der Waals surface area contributed by atoms with Gasteiger partial charge in [0.15, 0.2) is 0 Å². The lowest BCUT2D eigenvalue weighted by molar-refractivity contribution is 0.580. The first-order chi connectivity index (χ1) is 8.02. The highest BCUT2D eigenvalue weighted by Crippen LogP contribution is 2.10. The van der Waals surface area contributed by atoms with Crippen molar-refractivity contribution < 1.29 is 8.60 Å². The van der Waals surface area contributed by atoms with Gasteiger partial charge < -0.3 is 5.32 Å². The number of nitrogens with one attached hydrogen (secondary N) is 1. The Bertz CT molecular complexity index is 456. The van der Waals surface area contributed by atoms with Gasteiger partial charge in [0.05, 0.1) is 11.6 Å². The van der Waals surface area contributed by atoms with Crippen molar-refractivity contribution in [2.45, 2.75) is 19.5 Å². The third-order valence-electron chi connectivity index (χ3n) is 2.31. The molecule has 0 radical (unpaired) electrons. The molecule has 2 atom stereocenters. The Kier molecular flexibility index (Phi) is 5.26. The number of halogens is 1. The lowest BCUT2D eigenvalue weighted by Gasteiger charge is -2.13. The van der Waals surface area contributed by atoms with Crippen LogP contribution in [0.1, 0.15) is 18.1 Å². The first kappa shape index (κ1) is 13.8. The molecule has 1 rings (SSSR count). The SMILES string of the molecule is CC(CS(C)=O)NCc1cc(F)ccc1C#N. The summed E-state index contributed by atoms with van der Waals surface area (Å²) < 4.78 is 24.0. The van der Waals surface area contributed by atoms with Crippen LogP contribution in [-0.2, 0) is 17.3 Å². The molecule has 5 heteroatoms. The molecule has 17 heavy (non-hydrogen) atoms. The van der Waals surface area contributed by atoms with E-state index in [4.69, 9.17) is 5.26 Å². The molecule has 0 aromatic heterocycles. The monoisotopic (exact) mass is 254 g/mol. The van der Waals surface area contributed by atoms with Crippen LogP contribution >= 0.6 is 0 Å². The van der Waals surface area contributed by atoms with Gasteiger partial charge in [-0.3, -0.25) is 4.21 Å². The van der Waals surface area contributed by atoms with Crippen molar-refractivity contribution in [1.82, 2.24) is 5.32 Å². The highest BCUT2D eigenvalue weighted by atomic mass is 32.2. The fourth-order valence-corrected chi connectivity index (χ4v) is 2.33. The van der Waals surface area contributed by atoms with Crippen LogP contribution in [0.4, 0.5) is 4.39 Å². The number of rotatable bonds is 5. The van der Waals surface area contributed by atoms with Crippen LogP contribution in [0.25, 0.3) is 0 Å². The van der Waals surface area contributed by atoms with E-state index in [-0.39, 0.29) is 11.9 Å². The molecular formula is C12H15FN2OS. The highest BCUT2D eigenvalue weighted by molar-refractivity contribution is 7.84. The summed E-state index contributed by atoms with van der Waals surface area (Å²) in [4.78, 5) is 0. The Morgan fingerprint density at radius 3 is 2.88 bits per heavy atom. The summed E-state index contributed by atoms with van der Waals surface area (Å²) in [7, 11) is -0.867. The van der Waals surface area contributed by atoms with Crippen molar-refractivity contribution in [2.24, 2.45) is 0 Å². The van der Waals surface area contributed by atoms with Gasteiger partial charge in [0, 0.05) is 35.4 Å². The van der Waals surface area contributed by atoms with E-state index in [9.17, 15) is 8.60 Å². The molecule has 1 aromatic rings. The highest BCUT2D eigenvalue weighted by Gasteiger charge is 2.07. The molecule has 0 aliphatic carbocycles. The molecule has 0 saturated carbocycles. The summed E-state index contributed by atoms with van der Waals surface area (Å²) >= 11 is 0. The van der Waals surface area contributed by atoms with Crippen LogP contribution in [0.5, 0.6) is 0 Å². The summed E-state index contributed by atoms with van der Waals surface area (Å²) in [5.74, 6) is 0.185. The van der Waals surface area contributed by atoms with Gasteiger partial charge in [-0.2, -0.15) is 5.26 Å². The number of benzene rings is 1. The Balaban J connectivity index is 2.66. The molecule has 3 nitrogen and oxygen atoms in total. The molecule has 0 bridgehead atoms. The van der Waals surface area contributed by atoms with Crippen LogP contribution in [0, 0.1) is 17.1 Å². The maximum Gasteiger partial charge on any atom is 0.123 e. The molecule has 0 fully saturated rings. The van der Waals surface area contributed by atoms with Crippen LogP contribution < -0.4 is 5.32 Å².